The van der Waals surface area contributed by atoms with Gasteiger partial charge in [0.15, 0.2) is 0 Å². The van der Waals surface area contributed by atoms with Crippen LogP contribution in [-0.4, -0.2) is 40.2 Å². The first kappa shape index (κ1) is 17.7. The minimum absolute atomic E-state index is 0.138. The van der Waals surface area contributed by atoms with Crippen molar-refractivity contribution in [2.24, 2.45) is 0 Å². The maximum atomic E-state index is 12.2. The molecule has 1 aliphatic rings. The van der Waals surface area contributed by atoms with Crippen molar-refractivity contribution < 1.29 is 19.1 Å². The van der Waals surface area contributed by atoms with Gasteiger partial charge in [0.2, 0.25) is 0 Å². The Hall–Kier alpha value is -1.69. The molecule has 1 unspecified atom stereocenters. The van der Waals surface area contributed by atoms with Gasteiger partial charge in [0, 0.05) is 6.54 Å². The second-order valence-corrected chi connectivity index (χ2v) is 6.86. The van der Waals surface area contributed by atoms with E-state index in [1.807, 2.05) is 0 Å². The van der Waals surface area contributed by atoms with Crippen molar-refractivity contribution in [2.75, 3.05) is 6.54 Å². The molecule has 0 aliphatic carbocycles. The van der Waals surface area contributed by atoms with Crippen LogP contribution < -0.4 is 0 Å². The molecule has 0 spiro atoms. The third-order valence-corrected chi connectivity index (χ3v) is 4.41. The molecule has 0 saturated carbocycles. The number of hydrogen-bond donors (Lipinski definition) is 0. The molecule has 1 atom stereocenters. The van der Waals surface area contributed by atoms with Crippen LogP contribution in [-0.2, 0) is 9.53 Å². The normalized spacial score (nSPS) is 15.0. The molecule has 0 saturated heterocycles. The fraction of sp³-hybridized carbons (Fsp3) is 0.471. The Morgan fingerprint density at radius 2 is 1.70 bits per heavy atom. The van der Waals surface area contributed by atoms with Crippen LogP contribution in [0, 0.1) is 0 Å². The lowest BCUT2D eigenvalue weighted by Gasteiger charge is -2.15. The number of nitrogens with zero attached hydrogens (tertiary/aromatic N) is 1. The Kier molecular flexibility index (Phi) is 5.93. The predicted octanol–water partition coefficient (Wildman–Crippen LogP) is 3.17. The quantitative estimate of drug-likeness (QED) is 0.315. The van der Waals surface area contributed by atoms with E-state index < -0.39 is 0 Å². The number of unbranched alkanes of at least 4 members (excludes halogenated alkanes) is 1. The topological polar surface area (TPSA) is 63.7 Å². The summed E-state index contributed by atoms with van der Waals surface area (Å²) < 4.78 is 5.11. The number of imide groups is 1. The SMILES string of the molecule is CC(C)OC(=O)C(Br)CCCCN1C(=O)c2ccccc2C1=O. The number of fused-ring (bicyclic) bond motifs is 1. The molecule has 124 valence electrons. The fourth-order valence-electron chi connectivity index (χ4n) is 2.46. The van der Waals surface area contributed by atoms with Crippen molar-refractivity contribution in [2.45, 2.75) is 44.0 Å². The average Bonchev–Trinajstić information content (AvgIpc) is 2.75. The van der Waals surface area contributed by atoms with Gasteiger partial charge >= 0.3 is 5.97 Å². The summed E-state index contributed by atoms with van der Waals surface area (Å²) >= 11 is 3.31. The lowest BCUT2D eigenvalue weighted by atomic mass is 10.1. The summed E-state index contributed by atoms with van der Waals surface area (Å²) in [7, 11) is 0. The monoisotopic (exact) mass is 381 g/mol. The summed E-state index contributed by atoms with van der Waals surface area (Å²) in [6.07, 6.45) is 1.84. The van der Waals surface area contributed by atoms with Crippen LogP contribution in [0.25, 0.3) is 0 Å². The number of ether oxygens (including phenoxy) is 1. The molecular formula is C17H20BrNO4. The molecule has 0 radical (unpaired) electrons. The molecule has 0 fully saturated rings. The molecule has 0 N–H and O–H groups in total. The van der Waals surface area contributed by atoms with Gasteiger partial charge in [0.25, 0.3) is 11.8 Å². The van der Waals surface area contributed by atoms with E-state index in [1.165, 1.54) is 4.90 Å². The van der Waals surface area contributed by atoms with Crippen molar-refractivity contribution in [1.29, 1.82) is 0 Å². The summed E-state index contributed by atoms with van der Waals surface area (Å²) in [6.45, 7) is 3.98. The van der Waals surface area contributed by atoms with Crippen LogP contribution in [0.15, 0.2) is 24.3 Å². The Morgan fingerprint density at radius 1 is 1.13 bits per heavy atom. The molecule has 1 aliphatic heterocycles. The molecule has 23 heavy (non-hydrogen) atoms. The van der Waals surface area contributed by atoms with Crippen molar-refractivity contribution in [3.8, 4) is 0 Å². The highest BCUT2D eigenvalue weighted by Crippen LogP contribution is 2.23. The van der Waals surface area contributed by atoms with E-state index in [0.717, 1.165) is 6.42 Å². The van der Waals surface area contributed by atoms with Gasteiger partial charge in [0.1, 0.15) is 4.83 Å². The Labute approximate surface area is 144 Å². The number of carbonyl (C=O) groups excluding carboxylic acids is 3. The first-order chi connectivity index (χ1) is 10.9. The van der Waals surface area contributed by atoms with Crippen molar-refractivity contribution in [3.63, 3.8) is 0 Å². The van der Waals surface area contributed by atoms with E-state index in [0.29, 0.717) is 30.5 Å². The molecular weight excluding hydrogens is 362 g/mol. The number of carbonyl (C=O) groups is 3. The highest BCUT2D eigenvalue weighted by atomic mass is 79.9. The van der Waals surface area contributed by atoms with E-state index in [1.54, 1.807) is 38.1 Å². The highest BCUT2D eigenvalue weighted by molar-refractivity contribution is 9.10. The van der Waals surface area contributed by atoms with Crippen LogP contribution >= 0.6 is 15.9 Å². The Morgan fingerprint density at radius 3 is 2.22 bits per heavy atom. The Bertz CT molecular complexity index is 579. The predicted molar refractivity (Wildman–Crippen MR) is 89.6 cm³/mol. The van der Waals surface area contributed by atoms with E-state index in [4.69, 9.17) is 4.74 Å². The van der Waals surface area contributed by atoms with Gasteiger partial charge in [-0.3, -0.25) is 19.3 Å². The van der Waals surface area contributed by atoms with Crippen LogP contribution in [0.2, 0.25) is 0 Å². The first-order valence-corrected chi connectivity index (χ1v) is 8.63. The van der Waals surface area contributed by atoms with E-state index in [2.05, 4.69) is 15.9 Å². The molecule has 1 aromatic carbocycles. The molecule has 0 bridgehead atoms. The number of alkyl halides is 1. The zero-order valence-electron chi connectivity index (χ0n) is 13.3. The number of benzene rings is 1. The minimum Gasteiger partial charge on any atom is -0.462 e. The molecule has 2 amide bonds. The van der Waals surface area contributed by atoms with E-state index in [-0.39, 0.29) is 28.7 Å². The summed E-state index contributed by atoms with van der Waals surface area (Å²) in [4.78, 5) is 37.0. The van der Waals surface area contributed by atoms with Crippen LogP contribution in [0.5, 0.6) is 0 Å². The van der Waals surface area contributed by atoms with Gasteiger partial charge in [-0.2, -0.15) is 0 Å². The number of rotatable bonds is 7. The molecule has 0 aromatic heterocycles. The van der Waals surface area contributed by atoms with Gasteiger partial charge < -0.3 is 4.74 Å². The number of halogens is 1. The summed E-state index contributed by atoms with van der Waals surface area (Å²) in [6, 6.07) is 6.85. The third-order valence-electron chi connectivity index (χ3n) is 3.58. The second kappa shape index (κ2) is 7.73. The lowest BCUT2D eigenvalue weighted by Crippen LogP contribution is -2.30. The molecule has 2 rings (SSSR count). The standard InChI is InChI=1S/C17H20BrNO4/c1-11(2)23-17(22)14(18)9-5-6-10-19-15(20)12-7-3-4-8-13(12)16(19)21/h3-4,7-8,11,14H,5-6,9-10H2,1-2H3. The summed E-state index contributed by atoms with van der Waals surface area (Å²) in [5, 5.41) is 0. The Balaban J connectivity index is 1.79. The van der Waals surface area contributed by atoms with E-state index in [9.17, 15) is 14.4 Å². The van der Waals surface area contributed by atoms with Gasteiger partial charge in [-0.15, -0.1) is 0 Å². The highest BCUT2D eigenvalue weighted by Gasteiger charge is 2.34. The molecule has 6 heteroatoms. The van der Waals surface area contributed by atoms with Crippen molar-refractivity contribution >= 4 is 33.7 Å². The zero-order chi connectivity index (χ0) is 17.0. The second-order valence-electron chi connectivity index (χ2n) is 5.76. The number of amides is 2. The van der Waals surface area contributed by atoms with Gasteiger partial charge in [-0.05, 0) is 45.2 Å². The maximum Gasteiger partial charge on any atom is 0.319 e. The minimum atomic E-state index is -0.355. The molecule has 1 heterocycles. The maximum absolute atomic E-state index is 12.2. The van der Waals surface area contributed by atoms with E-state index >= 15 is 0 Å². The van der Waals surface area contributed by atoms with Gasteiger partial charge in [-0.25, -0.2) is 0 Å². The third kappa shape index (κ3) is 4.19. The fourth-order valence-corrected chi connectivity index (χ4v) is 2.89. The smallest absolute Gasteiger partial charge is 0.319 e. The largest absolute Gasteiger partial charge is 0.462 e. The zero-order valence-corrected chi connectivity index (χ0v) is 14.8. The summed E-state index contributed by atoms with van der Waals surface area (Å²) in [5.41, 5.74) is 0.938. The average molecular weight is 382 g/mol. The van der Waals surface area contributed by atoms with Crippen LogP contribution in [0.4, 0.5) is 0 Å². The van der Waals surface area contributed by atoms with Gasteiger partial charge in [-0.1, -0.05) is 28.1 Å². The van der Waals surface area contributed by atoms with Crippen LogP contribution in [0.3, 0.4) is 0 Å². The first-order valence-electron chi connectivity index (χ1n) is 7.71. The summed E-state index contributed by atoms with van der Waals surface area (Å²) in [5.74, 6) is -0.749. The van der Waals surface area contributed by atoms with Gasteiger partial charge in [0.05, 0.1) is 17.2 Å². The molecule has 5 nitrogen and oxygen atoms in total. The van der Waals surface area contributed by atoms with Crippen molar-refractivity contribution in [1.82, 2.24) is 4.90 Å². The van der Waals surface area contributed by atoms with Crippen LogP contribution in [0.1, 0.15) is 53.8 Å². The van der Waals surface area contributed by atoms with Crippen molar-refractivity contribution in [3.05, 3.63) is 35.4 Å². The number of hydrogen-bond acceptors (Lipinski definition) is 4. The lowest BCUT2D eigenvalue weighted by molar-refractivity contribution is -0.146. The number of esters is 1. The molecule has 1 aromatic rings.